The Labute approximate surface area is 119 Å². The second-order valence-corrected chi connectivity index (χ2v) is 7.75. The molecule has 3 heteroatoms. The topological polar surface area (TPSA) is 12.4 Å². The van der Waals surface area contributed by atoms with Crippen molar-refractivity contribution in [1.29, 1.82) is 0 Å². The van der Waals surface area contributed by atoms with E-state index in [2.05, 4.69) is 65.7 Å². The summed E-state index contributed by atoms with van der Waals surface area (Å²) in [5, 5.41) is 4.22. The number of aliphatic imine (C=N–C) groups is 1. The standard InChI is InChI=1S/C16H16NPS/c1-3-7-14(8-4-1)18(13-16-17-11-12-19-16)15-9-5-2-6-10-15/h1-10H,11-13H2. The normalized spacial score (nSPS) is 14.7. The molecule has 96 valence electrons. The lowest BCUT2D eigenvalue weighted by Crippen LogP contribution is -2.16. The van der Waals surface area contributed by atoms with Crippen molar-refractivity contribution in [3.05, 3.63) is 60.7 Å². The molecule has 1 heterocycles. The summed E-state index contributed by atoms with van der Waals surface area (Å²) in [6, 6.07) is 21.7. The number of benzene rings is 2. The van der Waals surface area contributed by atoms with E-state index in [4.69, 9.17) is 0 Å². The van der Waals surface area contributed by atoms with Crippen LogP contribution in [0.25, 0.3) is 0 Å². The zero-order valence-corrected chi connectivity index (χ0v) is 12.4. The van der Waals surface area contributed by atoms with Gasteiger partial charge in [0.15, 0.2) is 0 Å². The number of hydrogen-bond acceptors (Lipinski definition) is 2. The van der Waals surface area contributed by atoms with Gasteiger partial charge in [-0.05, 0) is 18.5 Å². The summed E-state index contributed by atoms with van der Waals surface area (Å²) < 4.78 is 0. The number of hydrogen-bond donors (Lipinski definition) is 0. The van der Waals surface area contributed by atoms with Gasteiger partial charge >= 0.3 is 0 Å². The van der Waals surface area contributed by atoms with Crippen molar-refractivity contribution in [1.82, 2.24) is 0 Å². The second-order valence-electron chi connectivity index (χ2n) is 4.38. The van der Waals surface area contributed by atoms with Crippen LogP contribution in [0.3, 0.4) is 0 Å². The van der Waals surface area contributed by atoms with Gasteiger partial charge in [-0.3, -0.25) is 4.99 Å². The van der Waals surface area contributed by atoms with E-state index < -0.39 is 0 Å². The molecule has 19 heavy (non-hydrogen) atoms. The van der Waals surface area contributed by atoms with Crippen molar-refractivity contribution in [2.75, 3.05) is 18.5 Å². The molecular weight excluding hydrogens is 269 g/mol. The summed E-state index contributed by atoms with van der Waals surface area (Å²) in [6.07, 6.45) is 1.09. The van der Waals surface area contributed by atoms with Gasteiger partial charge in [0.05, 0.1) is 5.04 Å². The van der Waals surface area contributed by atoms with Crippen molar-refractivity contribution < 1.29 is 0 Å². The first kappa shape index (κ1) is 12.9. The van der Waals surface area contributed by atoms with Crippen LogP contribution in [0.5, 0.6) is 0 Å². The Hall–Kier alpha value is -1.11. The van der Waals surface area contributed by atoms with Gasteiger partial charge in [-0.2, -0.15) is 0 Å². The monoisotopic (exact) mass is 285 g/mol. The summed E-state index contributed by atoms with van der Waals surface area (Å²) in [4.78, 5) is 4.62. The van der Waals surface area contributed by atoms with Crippen molar-refractivity contribution in [3.8, 4) is 0 Å². The quantitative estimate of drug-likeness (QED) is 0.785. The maximum Gasteiger partial charge on any atom is 0.0726 e. The fourth-order valence-electron chi connectivity index (χ4n) is 2.16. The lowest BCUT2D eigenvalue weighted by atomic mass is 10.4. The van der Waals surface area contributed by atoms with E-state index in [-0.39, 0.29) is 7.92 Å². The summed E-state index contributed by atoms with van der Waals surface area (Å²) in [5.74, 6) is 1.15. The Kier molecular flexibility index (Phi) is 4.32. The molecule has 1 nitrogen and oxygen atoms in total. The van der Waals surface area contributed by atoms with Gasteiger partial charge in [0, 0.05) is 18.5 Å². The van der Waals surface area contributed by atoms with Crippen LogP contribution >= 0.6 is 19.7 Å². The molecule has 0 spiro atoms. The van der Waals surface area contributed by atoms with E-state index >= 15 is 0 Å². The van der Waals surface area contributed by atoms with Gasteiger partial charge in [-0.15, -0.1) is 11.8 Å². The molecule has 0 aliphatic carbocycles. The third kappa shape index (κ3) is 3.26. The Morgan fingerprint density at radius 1 is 0.895 bits per heavy atom. The lowest BCUT2D eigenvalue weighted by Gasteiger charge is -2.18. The van der Waals surface area contributed by atoms with Crippen molar-refractivity contribution in [2.45, 2.75) is 0 Å². The van der Waals surface area contributed by atoms with Crippen LogP contribution < -0.4 is 10.6 Å². The molecule has 0 saturated heterocycles. The first-order chi connectivity index (χ1) is 9.43. The van der Waals surface area contributed by atoms with Crippen LogP contribution in [-0.2, 0) is 0 Å². The van der Waals surface area contributed by atoms with Gasteiger partial charge < -0.3 is 0 Å². The van der Waals surface area contributed by atoms with Gasteiger partial charge in [0.25, 0.3) is 0 Å². The van der Waals surface area contributed by atoms with Crippen LogP contribution in [0.4, 0.5) is 0 Å². The number of nitrogens with zero attached hydrogens (tertiary/aromatic N) is 1. The lowest BCUT2D eigenvalue weighted by molar-refractivity contribution is 1.17. The molecule has 0 fully saturated rings. The second kappa shape index (κ2) is 6.36. The van der Waals surface area contributed by atoms with E-state index in [1.165, 1.54) is 15.7 Å². The third-order valence-electron chi connectivity index (χ3n) is 3.08. The van der Waals surface area contributed by atoms with Crippen molar-refractivity contribution in [3.63, 3.8) is 0 Å². The molecule has 0 amide bonds. The summed E-state index contributed by atoms with van der Waals surface area (Å²) >= 11 is 1.93. The minimum Gasteiger partial charge on any atom is -0.282 e. The minimum atomic E-state index is -0.314. The van der Waals surface area contributed by atoms with E-state index in [0.29, 0.717) is 0 Å². The van der Waals surface area contributed by atoms with Crippen LogP contribution in [0.15, 0.2) is 65.7 Å². The van der Waals surface area contributed by atoms with Crippen LogP contribution in [0.2, 0.25) is 0 Å². The highest BCUT2D eigenvalue weighted by atomic mass is 32.2. The highest BCUT2D eigenvalue weighted by molar-refractivity contribution is 8.15. The van der Waals surface area contributed by atoms with E-state index in [9.17, 15) is 0 Å². The molecule has 3 rings (SSSR count). The maximum atomic E-state index is 4.62. The Bertz CT molecular complexity index is 514. The number of thioether (sulfide) groups is 1. The molecule has 0 aromatic heterocycles. The summed E-state index contributed by atoms with van der Waals surface area (Å²) in [7, 11) is -0.314. The summed E-state index contributed by atoms with van der Waals surface area (Å²) in [5.41, 5.74) is 0. The zero-order chi connectivity index (χ0) is 12.9. The molecule has 0 radical (unpaired) electrons. The zero-order valence-electron chi connectivity index (χ0n) is 10.7. The predicted molar refractivity (Wildman–Crippen MR) is 88.7 cm³/mol. The largest absolute Gasteiger partial charge is 0.282 e. The Balaban J connectivity index is 1.91. The Morgan fingerprint density at radius 3 is 1.95 bits per heavy atom. The molecule has 0 unspecified atom stereocenters. The Morgan fingerprint density at radius 2 is 1.47 bits per heavy atom. The van der Waals surface area contributed by atoms with Crippen LogP contribution in [0, 0.1) is 0 Å². The van der Waals surface area contributed by atoms with Gasteiger partial charge in [-0.25, -0.2) is 0 Å². The molecule has 1 aliphatic heterocycles. The molecule has 0 N–H and O–H groups in total. The third-order valence-corrected chi connectivity index (χ3v) is 6.74. The predicted octanol–water partition coefficient (Wildman–Crippen LogP) is 3.26. The fraction of sp³-hybridized carbons (Fsp3) is 0.188. The highest BCUT2D eigenvalue weighted by Gasteiger charge is 2.18. The summed E-state index contributed by atoms with van der Waals surface area (Å²) in [6.45, 7) is 0.993. The van der Waals surface area contributed by atoms with Crippen molar-refractivity contribution in [2.24, 2.45) is 4.99 Å². The average molecular weight is 285 g/mol. The average Bonchev–Trinajstić information content (AvgIpc) is 3.00. The van der Waals surface area contributed by atoms with Gasteiger partial charge in [0.2, 0.25) is 0 Å². The smallest absolute Gasteiger partial charge is 0.0726 e. The van der Waals surface area contributed by atoms with E-state index in [1.54, 1.807) is 0 Å². The molecule has 0 bridgehead atoms. The van der Waals surface area contributed by atoms with E-state index in [1.807, 2.05) is 11.8 Å². The maximum absolute atomic E-state index is 4.62. The molecule has 0 atom stereocenters. The molecular formula is C16H16NPS. The molecule has 2 aromatic carbocycles. The minimum absolute atomic E-state index is 0.314. The first-order valence-electron chi connectivity index (χ1n) is 6.47. The van der Waals surface area contributed by atoms with Gasteiger partial charge in [0.1, 0.15) is 0 Å². The van der Waals surface area contributed by atoms with Gasteiger partial charge in [-0.1, -0.05) is 60.7 Å². The first-order valence-corrected chi connectivity index (χ1v) is 8.98. The molecule has 1 aliphatic rings. The number of rotatable bonds is 4. The highest BCUT2D eigenvalue weighted by Crippen LogP contribution is 2.35. The molecule has 2 aromatic rings. The SMILES string of the molecule is c1ccc(P(CC2=NCCS2)c2ccccc2)cc1. The molecule has 0 saturated carbocycles. The van der Waals surface area contributed by atoms with Crippen LogP contribution in [0.1, 0.15) is 0 Å². The fourth-order valence-corrected chi connectivity index (χ4v) is 5.61. The van der Waals surface area contributed by atoms with Crippen molar-refractivity contribution >= 4 is 35.3 Å². The van der Waals surface area contributed by atoms with Crippen LogP contribution in [-0.4, -0.2) is 23.5 Å². The van der Waals surface area contributed by atoms with E-state index in [0.717, 1.165) is 18.5 Å².